The van der Waals surface area contributed by atoms with Crippen LogP contribution in [0.1, 0.15) is 12.8 Å². The molecule has 0 nitrogen and oxygen atoms in total. The summed E-state index contributed by atoms with van der Waals surface area (Å²) in [5.41, 5.74) is 0. The van der Waals surface area contributed by atoms with E-state index in [4.69, 9.17) is 0 Å². The lowest BCUT2D eigenvalue weighted by Gasteiger charge is -2.18. The first kappa shape index (κ1) is 12.6. The molecule has 0 heterocycles. The average Bonchev–Trinajstić information content (AvgIpc) is 2.02. The van der Waals surface area contributed by atoms with Crippen LogP contribution < -0.4 is 0 Å². The van der Waals surface area contributed by atoms with Gasteiger partial charge in [-0.2, -0.15) is 0 Å². The SMILES string of the molecule is [CH2]CC(F)(F)CC(F)[C@H](F)C(F)F. The van der Waals surface area contributed by atoms with Crippen LogP contribution in [0.2, 0.25) is 0 Å². The molecule has 0 aliphatic carbocycles. The van der Waals surface area contributed by atoms with Crippen molar-refractivity contribution >= 4 is 0 Å². The lowest BCUT2D eigenvalue weighted by Crippen LogP contribution is -2.31. The number of alkyl halides is 6. The Labute approximate surface area is 71.9 Å². The molecule has 0 aliphatic heterocycles. The van der Waals surface area contributed by atoms with Crippen molar-refractivity contribution in [2.45, 2.75) is 37.5 Å². The van der Waals surface area contributed by atoms with Gasteiger partial charge in [0.1, 0.15) is 6.17 Å². The highest BCUT2D eigenvalue weighted by molar-refractivity contribution is 4.78. The summed E-state index contributed by atoms with van der Waals surface area (Å²) in [6, 6.07) is 0. The van der Waals surface area contributed by atoms with Gasteiger partial charge < -0.3 is 0 Å². The zero-order valence-corrected chi connectivity index (χ0v) is 6.62. The van der Waals surface area contributed by atoms with Gasteiger partial charge in [0.2, 0.25) is 0 Å². The zero-order chi connectivity index (χ0) is 10.6. The Balaban J connectivity index is 4.06. The van der Waals surface area contributed by atoms with E-state index in [1.165, 1.54) is 0 Å². The highest BCUT2D eigenvalue weighted by Gasteiger charge is 2.38. The molecule has 0 saturated heterocycles. The van der Waals surface area contributed by atoms with Crippen LogP contribution >= 0.6 is 0 Å². The predicted octanol–water partition coefficient (Wildman–Crippen LogP) is 3.18. The minimum Gasteiger partial charge on any atom is -0.244 e. The zero-order valence-electron chi connectivity index (χ0n) is 6.62. The number of hydrogen-bond acceptors (Lipinski definition) is 0. The molecule has 0 rings (SSSR count). The Morgan fingerprint density at radius 1 is 1.08 bits per heavy atom. The lowest BCUT2D eigenvalue weighted by molar-refractivity contribution is -0.0634. The van der Waals surface area contributed by atoms with E-state index < -0.39 is 37.5 Å². The van der Waals surface area contributed by atoms with Crippen molar-refractivity contribution in [2.75, 3.05) is 0 Å². The maximum atomic E-state index is 12.4. The molecule has 0 bridgehead atoms. The molecule has 0 aromatic heterocycles. The van der Waals surface area contributed by atoms with E-state index in [-0.39, 0.29) is 0 Å². The fourth-order valence-corrected chi connectivity index (χ4v) is 0.658. The van der Waals surface area contributed by atoms with Crippen LogP contribution in [0.15, 0.2) is 0 Å². The van der Waals surface area contributed by atoms with Crippen LogP contribution in [0.5, 0.6) is 0 Å². The van der Waals surface area contributed by atoms with E-state index in [1.54, 1.807) is 0 Å². The molecule has 1 radical (unpaired) electrons. The summed E-state index contributed by atoms with van der Waals surface area (Å²) in [6.07, 6.45) is -12.1. The minimum atomic E-state index is -3.57. The van der Waals surface area contributed by atoms with Gasteiger partial charge in [-0.25, -0.2) is 26.3 Å². The first-order chi connectivity index (χ1) is 5.80. The van der Waals surface area contributed by atoms with Gasteiger partial charge in [0.05, 0.1) is 0 Å². The van der Waals surface area contributed by atoms with Gasteiger partial charge in [-0.3, -0.25) is 0 Å². The van der Waals surface area contributed by atoms with Crippen molar-refractivity contribution in [1.29, 1.82) is 0 Å². The Morgan fingerprint density at radius 2 is 1.54 bits per heavy atom. The minimum absolute atomic E-state index is 0.941. The van der Waals surface area contributed by atoms with E-state index in [0.717, 1.165) is 0 Å². The third kappa shape index (κ3) is 4.38. The van der Waals surface area contributed by atoms with Crippen LogP contribution in [-0.4, -0.2) is 24.7 Å². The topological polar surface area (TPSA) is 0 Å². The third-order valence-corrected chi connectivity index (χ3v) is 1.45. The quantitative estimate of drug-likeness (QED) is 0.607. The molecule has 0 spiro atoms. The second-order valence-electron chi connectivity index (χ2n) is 2.60. The molecule has 6 heteroatoms. The van der Waals surface area contributed by atoms with Crippen LogP contribution in [0.3, 0.4) is 0 Å². The summed E-state index contributed by atoms with van der Waals surface area (Å²) in [6.45, 7) is 2.79. The highest BCUT2D eigenvalue weighted by atomic mass is 19.3. The predicted molar refractivity (Wildman–Crippen MR) is 35.3 cm³/mol. The van der Waals surface area contributed by atoms with Crippen LogP contribution in [0, 0.1) is 6.92 Å². The molecule has 79 valence electrons. The molecule has 13 heavy (non-hydrogen) atoms. The molecule has 1 unspecified atom stereocenters. The summed E-state index contributed by atoms with van der Waals surface area (Å²) < 4.78 is 72.1. The standard InChI is InChI=1S/C7H9F6/c1-2-7(12,13)3-4(8)5(9)6(10)11/h4-6H,1-3H2/t4?,5-/m0/s1. The second kappa shape index (κ2) is 4.72. The smallest absolute Gasteiger partial charge is 0.244 e. The van der Waals surface area contributed by atoms with E-state index >= 15 is 0 Å². The average molecular weight is 207 g/mol. The van der Waals surface area contributed by atoms with Crippen molar-refractivity contribution in [3.05, 3.63) is 6.92 Å². The Bertz CT molecular complexity index is 146. The summed E-state index contributed by atoms with van der Waals surface area (Å²) >= 11 is 0. The lowest BCUT2D eigenvalue weighted by atomic mass is 10.1. The van der Waals surface area contributed by atoms with Crippen LogP contribution in [0.4, 0.5) is 26.3 Å². The molecule has 0 amide bonds. The molecule has 0 saturated carbocycles. The van der Waals surface area contributed by atoms with E-state index in [1.807, 2.05) is 0 Å². The fraction of sp³-hybridized carbons (Fsp3) is 0.857. The maximum absolute atomic E-state index is 12.4. The molecule has 0 fully saturated rings. The molecule has 0 aliphatic rings. The van der Waals surface area contributed by atoms with Gasteiger partial charge in [0.25, 0.3) is 12.3 Å². The van der Waals surface area contributed by atoms with Crippen molar-refractivity contribution in [3.8, 4) is 0 Å². The first-order valence-corrected chi connectivity index (χ1v) is 3.53. The molecular weight excluding hydrogens is 198 g/mol. The Morgan fingerprint density at radius 3 is 1.85 bits per heavy atom. The maximum Gasteiger partial charge on any atom is 0.272 e. The van der Waals surface area contributed by atoms with Gasteiger partial charge in [0.15, 0.2) is 6.17 Å². The van der Waals surface area contributed by atoms with E-state index in [0.29, 0.717) is 0 Å². The van der Waals surface area contributed by atoms with Crippen molar-refractivity contribution in [1.82, 2.24) is 0 Å². The third-order valence-electron chi connectivity index (χ3n) is 1.45. The number of rotatable bonds is 5. The van der Waals surface area contributed by atoms with Crippen LogP contribution in [0.25, 0.3) is 0 Å². The molecular formula is C7H9F6. The van der Waals surface area contributed by atoms with E-state index in [2.05, 4.69) is 6.92 Å². The van der Waals surface area contributed by atoms with Crippen molar-refractivity contribution < 1.29 is 26.3 Å². The summed E-state index contributed by atoms with van der Waals surface area (Å²) in [7, 11) is 0. The molecule has 0 aromatic carbocycles. The van der Waals surface area contributed by atoms with Gasteiger partial charge in [-0.1, -0.05) is 0 Å². The first-order valence-electron chi connectivity index (χ1n) is 3.53. The normalized spacial score (nSPS) is 17.5. The molecule has 0 aromatic rings. The van der Waals surface area contributed by atoms with Gasteiger partial charge in [0, 0.05) is 12.8 Å². The Kier molecular flexibility index (Phi) is 4.56. The van der Waals surface area contributed by atoms with Crippen molar-refractivity contribution in [2.24, 2.45) is 0 Å². The molecule has 2 atom stereocenters. The highest BCUT2D eigenvalue weighted by Crippen LogP contribution is 2.28. The monoisotopic (exact) mass is 207 g/mol. The summed E-state index contributed by atoms with van der Waals surface area (Å²) in [5.74, 6) is -3.53. The van der Waals surface area contributed by atoms with Crippen LogP contribution in [-0.2, 0) is 0 Å². The second-order valence-corrected chi connectivity index (χ2v) is 2.60. The number of hydrogen-bond donors (Lipinski definition) is 0. The van der Waals surface area contributed by atoms with E-state index in [9.17, 15) is 26.3 Å². The molecule has 0 N–H and O–H groups in total. The largest absolute Gasteiger partial charge is 0.272 e. The van der Waals surface area contributed by atoms with Gasteiger partial charge in [-0.15, -0.1) is 0 Å². The Hall–Kier alpha value is -0.420. The summed E-state index contributed by atoms with van der Waals surface area (Å²) in [5, 5.41) is 0. The summed E-state index contributed by atoms with van der Waals surface area (Å²) in [4.78, 5) is 0. The fourth-order valence-electron chi connectivity index (χ4n) is 0.658. The van der Waals surface area contributed by atoms with Gasteiger partial charge >= 0.3 is 0 Å². The number of halogens is 6. The van der Waals surface area contributed by atoms with Crippen molar-refractivity contribution in [3.63, 3.8) is 0 Å². The van der Waals surface area contributed by atoms with Gasteiger partial charge in [-0.05, 0) is 6.92 Å².